The van der Waals surface area contributed by atoms with Crippen molar-refractivity contribution < 1.29 is 22.0 Å². The third-order valence-electron chi connectivity index (χ3n) is 5.64. The molecule has 1 atom stereocenters. The van der Waals surface area contributed by atoms with E-state index in [2.05, 4.69) is 0 Å². The maximum atomic E-state index is 13.2. The van der Waals surface area contributed by atoms with Crippen LogP contribution in [0.4, 0.5) is 0 Å². The van der Waals surface area contributed by atoms with Crippen molar-refractivity contribution in [3.05, 3.63) is 71.3 Å². The first-order valence-electron chi connectivity index (χ1n) is 10.0. The summed E-state index contributed by atoms with van der Waals surface area (Å²) in [6.45, 7) is 5.00. The van der Waals surface area contributed by atoms with Crippen LogP contribution in [-0.4, -0.2) is 41.7 Å². The topological polar surface area (TPSA) is 85.7 Å². The lowest BCUT2D eigenvalue weighted by Gasteiger charge is -2.20. The fourth-order valence-electron chi connectivity index (χ4n) is 4.30. The minimum absolute atomic E-state index is 0.00619. The van der Waals surface area contributed by atoms with Crippen molar-refractivity contribution in [3.63, 3.8) is 0 Å². The van der Waals surface area contributed by atoms with Crippen LogP contribution in [0, 0.1) is 13.8 Å². The van der Waals surface area contributed by atoms with Gasteiger partial charge in [-0.05, 0) is 50.6 Å². The summed E-state index contributed by atoms with van der Waals surface area (Å²) in [6, 6.07) is 9.19. The highest BCUT2D eigenvalue weighted by molar-refractivity contribution is 7.91. The number of aromatic nitrogens is 1. The number of hydrogen-bond acceptors (Lipinski definition) is 6. The van der Waals surface area contributed by atoms with Crippen LogP contribution in [-0.2, 0) is 22.9 Å². The van der Waals surface area contributed by atoms with Crippen molar-refractivity contribution in [3.8, 4) is 0 Å². The highest BCUT2D eigenvalue weighted by Gasteiger charge is 2.32. The molecule has 0 saturated carbocycles. The van der Waals surface area contributed by atoms with E-state index >= 15 is 0 Å². The van der Waals surface area contributed by atoms with Crippen LogP contribution in [0.25, 0.3) is 0 Å². The first-order chi connectivity index (χ1) is 14.3. The molecule has 0 aromatic carbocycles. The summed E-state index contributed by atoms with van der Waals surface area (Å²) in [7, 11) is -3.00. The van der Waals surface area contributed by atoms with Gasteiger partial charge in [-0.3, -0.25) is 9.69 Å². The minimum atomic E-state index is -3.00. The number of carbonyl (C=O) groups excluding carboxylic acids is 1. The summed E-state index contributed by atoms with van der Waals surface area (Å²) in [5.74, 6) is 1.89. The van der Waals surface area contributed by atoms with E-state index in [-0.39, 0.29) is 29.9 Å². The SMILES string of the molecule is Cc1cc(C(=O)CN(Cc2ccco2)Cc2ccco2)c(C)n1C1CCS(=O)(=O)C1. The van der Waals surface area contributed by atoms with Gasteiger partial charge in [0.1, 0.15) is 11.5 Å². The van der Waals surface area contributed by atoms with E-state index in [1.54, 1.807) is 12.5 Å². The molecule has 3 aromatic rings. The van der Waals surface area contributed by atoms with Gasteiger partial charge in [-0.25, -0.2) is 8.42 Å². The lowest BCUT2D eigenvalue weighted by molar-refractivity contribution is 0.0907. The van der Waals surface area contributed by atoms with Crippen LogP contribution in [0.3, 0.4) is 0 Å². The molecule has 4 rings (SSSR count). The van der Waals surface area contributed by atoms with Gasteiger partial charge in [-0.15, -0.1) is 0 Å². The van der Waals surface area contributed by atoms with Gasteiger partial charge in [-0.1, -0.05) is 0 Å². The second-order valence-corrected chi connectivity index (χ2v) is 10.2. The van der Waals surface area contributed by atoms with Crippen molar-refractivity contribution in [1.29, 1.82) is 0 Å². The predicted molar refractivity (Wildman–Crippen MR) is 112 cm³/mol. The summed E-state index contributed by atoms with van der Waals surface area (Å²) in [6.07, 6.45) is 3.83. The van der Waals surface area contributed by atoms with E-state index < -0.39 is 9.84 Å². The molecule has 1 fully saturated rings. The van der Waals surface area contributed by atoms with Gasteiger partial charge in [0.2, 0.25) is 0 Å². The fourth-order valence-corrected chi connectivity index (χ4v) is 6.00. The average molecular weight is 431 g/mol. The Labute approximate surface area is 176 Å². The third kappa shape index (κ3) is 4.44. The van der Waals surface area contributed by atoms with Crippen molar-refractivity contribution in [2.75, 3.05) is 18.1 Å². The number of carbonyl (C=O) groups is 1. The van der Waals surface area contributed by atoms with E-state index in [9.17, 15) is 13.2 Å². The van der Waals surface area contributed by atoms with Crippen LogP contribution in [0.1, 0.15) is 45.7 Å². The monoisotopic (exact) mass is 430 g/mol. The molecule has 1 aliphatic rings. The summed E-state index contributed by atoms with van der Waals surface area (Å²) in [4.78, 5) is 15.2. The molecular weight excluding hydrogens is 404 g/mol. The van der Waals surface area contributed by atoms with E-state index in [4.69, 9.17) is 8.83 Å². The number of sulfone groups is 1. The lowest BCUT2D eigenvalue weighted by Crippen LogP contribution is -2.29. The molecule has 7 nitrogen and oxygen atoms in total. The van der Waals surface area contributed by atoms with Crippen LogP contribution in [0.15, 0.2) is 51.7 Å². The number of furan rings is 2. The lowest BCUT2D eigenvalue weighted by atomic mass is 10.1. The molecule has 4 heterocycles. The van der Waals surface area contributed by atoms with Gasteiger partial charge >= 0.3 is 0 Å². The Kier molecular flexibility index (Phi) is 5.71. The summed E-state index contributed by atoms with van der Waals surface area (Å²) in [5.41, 5.74) is 2.39. The molecular formula is C22H26N2O5S. The number of aryl methyl sites for hydroxylation is 1. The predicted octanol–water partition coefficient (Wildman–Crippen LogP) is 3.54. The summed E-state index contributed by atoms with van der Waals surface area (Å²) >= 11 is 0. The molecule has 0 radical (unpaired) electrons. The molecule has 1 saturated heterocycles. The van der Waals surface area contributed by atoms with E-state index in [1.807, 2.05) is 53.6 Å². The molecule has 0 amide bonds. The molecule has 1 unspecified atom stereocenters. The first kappa shape index (κ1) is 20.7. The van der Waals surface area contributed by atoms with Gasteiger partial charge in [-0.2, -0.15) is 0 Å². The fraction of sp³-hybridized carbons (Fsp3) is 0.409. The van der Waals surface area contributed by atoms with Crippen LogP contribution < -0.4 is 0 Å². The Balaban J connectivity index is 1.54. The Morgan fingerprint density at radius 2 is 1.77 bits per heavy atom. The summed E-state index contributed by atoms with van der Waals surface area (Å²) < 4.78 is 36.8. The second kappa shape index (κ2) is 8.28. The molecule has 3 aromatic heterocycles. The Morgan fingerprint density at radius 1 is 1.13 bits per heavy atom. The largest absolute Gasteiger partial charge is 0.468 e. The number of ketones is 1. The molecule has 160 valence electrons. The van der Waals surface area contributed by atoms with Crippen molar-refractivity contribution in [2.45, 2.75) is 39.4 Å². The molecule has 0 aliphatic carbocycles. The van der Waals surface area contributed by atoms with Gasteiger partial charge in [0.25, 0.3) is 0 Å². The van der Waals surface area contributed by atoms with Gasteiger partial charge in [0, 0.05) is 23.0 Å². The Morgan fingerprint density at radius 3 is 2.27 bits per heavy atom. The standard InChI is InChI=1S/C22H26N2O5S/c1-16-11-21(17(2)24(16)18-7-10-30(26,27)15-18)22(25)14-23(12-19-5-3-8-28-19)13-20-6-4-9-29-20/h3-6,8-9,11,18H,7,10,12-15H2,1-2H3. The molecule has 1 aliphatic heterocycles. The third-order valence-corrected chi connectivity index (χ3v) is 7.39. The van der Waals surface area contributed by atoms with E-state index in [0.717, 1.165) is 22.9 Å². The average Bonchev–Trinajstić information content (AvgIpc) is 3.45. The zero-order valence-electron chi connectivity index (χ0n) is 17.2. The molecule has 30 heavy (non-hydrogen) atoms. The minimum Gasteiger partial charge on any atom is -0.468 e. The number of rotatable bonds is 8. The van der Waals surface area contributed by atoms with Crippen molar-refractivity contribution in [2.24, 2.45) is 0 Å². The smallest absolute Gasteiger partial charge is 0.178 e. The number of Topliss-reactive ketones (excluding diaryl/α,β-unsaturated/α-hetero) is 1. The zero-order chi connectivity index (χ0) is 21.3. The molecule has 0 bridgehead atoms. The number of nitrogens with zero attached hydrogens (tertiary/aromatic N) is 2. The Bertz CT molecular complexity index is 1070. The number of hydrogen-bond donors (Lipinski definition) is 0. The molecule has 8 heteroatoms. The van der Waals surface area contributed by atoms with Crippen LogP contribution >= 0.6 is 0 Å². The quantitative estimate of drug-likeness (QED) is 0.508. The molecule has 0 spiro atoms. The maximum Gasteiger partial charge on any atom is 0.178 e. The Hall–Kier alpha value is -2.58. The van der Waals surface area contributed by atoms with Crippen molar-refractivity contribution in [1.82, 2.24) is 9.47 Å². The first-order valence-corrected chi connectivity index (χ1v) is 11.8. The molecule has 0 N–H and O–H groups in total. The zero-order valence-corrected chi connectivity index (χ0v) is 18.0. The van der Waals surface area contributed by atoms with Gasteiger partial charge in [0.05, 0.1) is 43.7 Å². The maximum absolute atomic E-state index is 13.2. The van der Waals surface area contributed by atoms with Gasteiger partial charge in [0.15, 0.2) is 15.6 Å². The van der Waals surface area contributed by atoms with Crippen LogP contribution in [0.5, 0.6) is 0 Å². The normalized spacial score (nSPS) is 18.3. The van der Waals surface area contributed by atoms with Crippen molar-refractivity contribution >= 4 is 15.6 Å². The van der Waals surface area contributed by atoms with E-state index in [0.29, 0.717) is 25.1 Å². The second-order valence-electron chi connectivity index (χ2n) is 7.94. The summed E-state index contributed by atoms with van der Waals surface area (Å²) in [5, 5.41) is 0. The highest BCUT2D eigenvalue weighted by atomic mass is 32.2. The highest BCUT2D eigenvalue weighted by Crippen LogP contribution is 2.29. The van der Waals surface area contributed by atoms with Gasteiger partial charge < -0.3 is 13.4 Å². The van der Waals surface area contributed by atoms with Crippen LogP contribution in [0.2, 0.25) is 0 Å². The van der Waals surface area contributed by atoms with E-state index in [1.165, 1.54) is 0 Å².